The van der Waals surface area contributed by atoms with E-state index in [-0.39, 0.29) is 6.10 Å². The maximum Gasteiger partial charge on any atom is 0.242 e. The molecule has 112 valence electrons. The second-order valence-electron chi connectivity index (χ2n) is 5.13. The van der Waals surface area contributed by atoms with Crippen molar-refractivity contribution in [2.45, 2.75) is 38.7 Å². The van der Waals surface area contributed by atoms with Gasteiger partial charge in [0.1, 0.15) is 12.0 Å². The fourth-order valence-electron chi connectivity index (χ4n) is 2.33. The zero-order valence-corrected chi connectivity index (χ0v) is 12.3. The van der Waals surface area contributed by atoms with Crippen molar-refractivity contribution in [3.8, 4) is 5.88 Å². The highest BCUT2D eigenvalue weighted by Crippen LogP contribution is 2.28. The summed E-state index contributed by atoms with van der Waals surface area (Å²) in [4.78, 5) is 10.4. The van der Waals surface area contributed by atoms with Gasteiger partial charge in [-0.15, -0.1) is 0 Å². The van der Waals surface area contributed by atoms with Crippen LogP contribution in [0.4, 0.5) is 11.5 Å². The number of nitrogens with zero attached hydrogens (tertiary/aromatic N) is 3. The lowest BCUT2D eigenvalue weighted by Crippen LogP contribution is -2.34. The monoisotopic (exact) mass is 280 g/mol. The van der Waals surface area contributed by atoms with Crippen LogP contribution in [0.1, 0.15) is 32.6 Å². The highest BCUT2D eigenvalue weighted by molar-refractivity contribution is 5.67. The molecule has 0 radical (unpaired) electrons. The van der Waals surface area contributed by atoms with Gasteiger partial charge in [-0.3, -0.25) is 0 Å². The van der Waals surface area contributed by atoms with Crippen molar-refractivity contribution >= 4 is 11.5 Å². The van der Waals surface area contributed by atoms with Gasteiger partial charge in [-0.05, 0) is 25.7 Å². The minimum atomic E-state index is 0.253. The number of hydrogen-bond acceptors (Lipinski definition) is 6. The van der Waals surface area contributed by atoms with Crippen LogP contribution in [0.5, 0.6) is 5.88 Å². The van der Waals surface area contributed by atoms with Gasteiger partial charge < -0.3 is 20.1 Å². The van der Waals surface area contributed by atoms with Crippen molar-refractivity contribution in [2.24, 2.45) is 0 Å². The van der Waals surface area contributed by atoms with Crippen LogP contribution in [0.15, 0.2) is 6.33 Å². The maximum atomic E-state index is 6.10. The molecule has 0 spiro atoms. The maximum absolute atomic E-state index is 6.10. The molecule has 1 aromatic rings. The Balaban J connectivity index is 2.02. The van der Waals surface area contributed by atoms with Crippen LogP contribution in [0.3, 0.4) is 0 Å². The molecule has 1 unspecified atom stereocenters. The number of anilines is 2. The van der Waals surface area contributed by atoms with Crippen molar-refractivity contribution in [2.75, 3.05) is 37.4 Å². The minimum absolute atomic E-state index is 0.253. The summed E-state index contributed by atoms with van der Waals surface area (Å²) in [6.45, 7) is 4.29. The summed E-state index contributed by atoms with van der Waals surface area (Å²) >= 11 is 0. The quantitative estimate of drug-likeness (QED) is 0.857. The van der Waals surface area contributed by atoms with E-state index < -0.39 is 0 Å². The normalized spacial score (nSPS) is 18.8. The molecule has 20 heavy (non-hydrogen) atoms. The third-order valence-electron chi connectivity index (χ3n) is 3.38. The summed E-state index contributed by atoms with van der Waals surface area (Å²) < 4.78 is 11.3. The predicted octanol–water partition coefficient (Wildman–Crippen LogP) is 1.85. The molecule has 1 saturated heterocycles. The van der Waals surface area contributed by atoms with E-state index in [1.54, 1.807) is 0 Å². The number of nitrogen functional groups attached to an aromatic ring is 1. The number of aromatic nitrogens is 2. The van der Waals surface area contributed by atoms with E-state index >= 15 is 0 Å². The smallest absolute Gasteiger partial charge is 0.242 e. The molecule has 0 aliphatic carbocycles. The molecular formula is C14H24N4O2. The number of rotatable bonds is 6. The highest BCUT2D eigenvalue weighted by atomic mass is 16.5. The van der Waals surface area contributed by atoms with Gasteiger partial charge in [0.15, 0.2) is 5.82 Å². The van der Waals surface area contributed by atoms with Crippen molar-refractivity contribution in [1.29, 1.82) is 0 Å². The second-order valence-corrected chi connectivity index (χ2v) is 5.13. The van der Waals surface area contributed by atoms with Gasteiger partial charge in [0.2, 0.25) is 5.88 Å². The Morgan fingerprint density at radius 2 is 2.30 bits per heavy atom. The number of nitrogens with two attached hydrogens (primary N) is 1. The lowest BCUT2D eigenvalue weighted by atomic mass is 10.1. The SMILES string of the molecule is CCCOc1ncnc(N(C)CC2CCCCO2)c1N. The van der Waals surface area contributed by atoms with Gasteiger partial charge in [0.25, 0.3) is 0 Å². The lowest BCUT2D eigenvalue weighted by Gasteiger charge is -2.28. The fourth-order valence-corrected chi connectivity index (χ4v) is 2.33. The number of likely N-dealkylation sites (N-methyl/N-ethyl adjacent to an activating group) is 1. The van der Waals surface area contributed by atoms with E-state index in [0.717, 1.165) is 32.4 Å². The standard InChI is InChI=1S/C14H24N4O2/c1-3-7-20-14-12(15)13(16-10-17-14)18(2)9-11-6-4-5-8-19-11/h10-11H,3-9,15H2,1-2H3. The van der Waals surface area contributed by atoms with Gasteiger partial charge in [-0.2, -0.15) is 4.98 Å². The van der Waals surface area contributed by atoms with Crippen LogP contribution < -0.4 is 15.4 Å². The Hall–Kier alpha value is -1.56. The van der Waals surface area contributed by atoms with Gasteiger partial charge in [-0.25, -0.2) is 4.98 Å². The van der Waals surface area contributed by atoms with Gasteiger partial charge in [-0.1, -0.05) is 6.92 Å². The first-order valence-corrected chi connectivity index (χ1v) is 7.28. The first-order chi connectivity index (χ1) is 9.72. The van der Waals surface area contributed by atoms with Crippen molar-refractivity contribution in [1.82, 2.24) is 9.97 Å². The second kappa shape index (κ2) is 7.28. The van der Waals surface area contributed by atoms with Gasteiger partial charge in [0.05, 0.1) is 12.7 Å². The third-order valence-corrected chi connectivity index (χ3v) is 3.38. The third kappa shape index (κ3) is 3.72. The summed E-state index contributed by atoms with van der Waals surface area (Å²) in [7, 11) is 1.97. The zero-order valence-electron chi connectivity index (χ0n) is 12.3. The molecule has 6 heteroatoms. The average Bonchev–Trinajstić information content (AvgIpc) is 2.47. The van der Waals surface area contributed by atoms with Gasteiger partial charge >= 0.3 is 0 Å². The molecule has 2 N–H and O–H groups in total. The largest absolute Gasteiger partial charge is 0.476 e. The molecule has 1 aromatic heterocycles. The Labute approximate surface area is 120 Å². The molecule has 2 heterocycles. The first kappa shape index (κ1) is 14.8. The molecular weight excluding hydrogens is 256 g/mol. The number of hydrogen-bond donors (Lipinski definition) is 1. The zero-order chi connectivity index (χ0) is 14.4. The van der Waals surface area contributed by atoms with Crippen LogP contribution in [-0.2, 0) is 4.74 Å². The van der Waals surface area contributed by atoms with Crippen molar-refractivity contribution < 1.29 is 9.47 Å². The minimum Gasteiger partial charge on any atom is -0.476 e. The summed E-state index contributed by atoms with van der Waals surface area (Å²) in [6, 6.07) is 0. The van der Waals surface area contributed by atoms with E-state index in [4.69, 9.17) is 15.2 Å². The summed E-state index contributed by atoms with van der Waals surface area (Å²) in [6.07, 6.45) is 6.14. The van der Waals surface area contributed by atoms with Crippen LogP contribution in [-0.4, -0.2) is 42.9 Å². The molecule has 6 nitrogen and oxygen atoms in total. The number of ether oxygens (including phenoxy) is 2. The van der Waals surface area contributed by atoms with Crippen LogP contribution in [0.25, 0.3) is 0 Å². The molecule has 0 aromatic carbocycles. The molecule has 1 atom stereocenters. The topological polar surface area (TPSA) is 73.5 Å². The fraction of sp³-hybridized carbons (Fsp3) is 0.714. The lowest BCUT2D eigenvalue weighted by molar-refractivity contribution is 0.0215. The molecule has 2 rings (SSSR count). The Kier molecular flexibility index (Phi) is 5.40. The average molecular weight is 280 g/mol. The summed E-state index contributed by atoms with van der Waals surface area (Å²) in [5.74, 6) is 1.17. The van der Waals surface area contributed by atoms with E-state index in [1.807, 2.05) is 18.9 Å². The van der Waals surface area contributed by atoms with Crippen LogP contribution in [0, 0.1) is 0 Å². The summed E-state index contributed by atoms with van der Waals surface area (Å²) in [5, 5.41) is 0. The first-order valence-electron chi connectivity index (χ1n) is 7.28. The Bertz CT molecular complexity index is 422. The van der Waals surface area contributed by atoms with Crippen molar-refractivity contribution in [3.05, 3.63) is 6.33 Å². The molecule has 0 amide bonds. The van der Waals surface area contributed by atoms with E-state index in [0.29, 0.717) is 24.0 Å². The highest BCUT2D eigenvalue weighted by Gasteiger charge is 2.19. The van der Waals surface area contributed by atoms with Crippen LogP contribution in [0.2, 0.25) is 0 Å². The molecule has 1 aliphatic heterocycles. The Morgan fingerprint density at radius 1 is 1.45 bits per heavy atom. The van der Waals surface area contributed by atoms with Crippen molar-refractivity contribution in [3.63, 3.8) is 0 Å². The Morgan fingerprint density at radius 3 is 3.00 bits per heavy atom. The molecule has 1 fully saturated rings. The molecule has 0 saturated carbocycles. The van der Waals surface area contributed by atoms with Crippen LogP contribution >= 0.6 is 0 Å². The van der Waals surface area contributed by atoms with Gasteiger partial charge in [0, 0.05) is 20.2 Å². The van der Waals surface area contributed by atoms with E-state index in [9.17, 15) is 0 Å². The predicted molar refractivity (Wildman–Crippen MR) is 79.1 cm³/mol. The molecule has 1 aliphatic rings. The van der Waals surface area contributed by atoms with E-state index in [1.165, 1.54) is 12.7 Å². The van der Waals surface area contributed by atoms with E-state index in [2.05, 4.69) is 9.97 Å². The summed E-state index contributed by atoms with van der Waals surface area (Å²) in [5.41, 5.74) is 6.60. The molecule has 0 bridgehead atoms.